The molecule has 4 aromatic rings. The van der Waals surface area contributed by atoms with Gasteiger partial charge >= 0.3 is 0 Å². The average molecular weight is 419 g/mol. The maximum Gasteiger partial charge on any atom is 0.251 e. The van der Waals surface area contributed by atoms with Crippen LogP contribution in [0.2, 0.25) is 0 Å². The van der Waals surface area contributed by atoms with Crippen LogP contribution in [0.1, 0.15) is 32.6 Å². The lowest BCUT2D eigenvalue weighted by Crippen LogP contribution is -2.23. The molecule has 4 aromatic carbocycles. The summed E-state index contributed by atoms with van der Waals surface area (Å²) in [5, 5.41) is 2.99. The number of amides is 1. The second-order valence-electron chi connectivity index (χ2n) is 8.37. The number of fused-ring (bicyclic) bond motifs is 1. The molecule has 3 nitrogen and oxygen atoms in total. The first kappa shape index (κ1) is 20.1. The molecule has 0 radical (unpaired) electrons. The van der Waals surface area contributed by atoms with E-state index < -0.39 is 0 Å². The van der Waals surface area contributed by atoms with Gasteiger partial charge in [0.15, 0.2) is 0 Å². The summed E-state index contributed by atoms with van der Waals surface area (Å²) in [6, 6.07) is 33.1. The third-order valence-electron chi connectivity index (χ3n) is 6.14. The van der Waals surface area contributed by atoms with Crippen LogP contribution in [0.25, 0.3) is 11.1 Å². The molecule has 1 aliphatic rings. The van der Waals surface area contributed by atoms with Crippen LogP contribution in [0.4, 0.5) is 5.69 Å². The van der Waals surface area contributed by atoms with Gasteiger partial charge in [-0.15, -0.1) is 0 Å². The molecule has 1 heterocycles. The Morgan fingerprint density at radius 1 is 0.812 bits per heavy atom. The zero-order valence-corrected chi connectivity index (χ0v) is 18.2. The molecule has 0 atom stereocenters. The Bertz CT molecular complexity index is 1230. The summed E-state index contributed by atoms with van der Waals surface area (Å²) in [5.41, 5.74) is 9.54. The van der Waals surface area contributed by atoms with E-state index >= 15 is 0 Å². The van der Waals surface area contributed by atoms with Gasteiger partial charge in [-0.3, -0.25) is 4.79 Å². The zero-order valence-electron chi connectivity index (χ0n) is 18.2. The molecule has 0 bridgehead atoms. The molecule has 158 valence electrons. The van der Waals surface area contributed by atoms with E-state index in [0.717, 1.165) is 24.3 Å². The highest BCUT2D eigenvalue weighted by atomic mass is 16.1. The van der Waals surface area contributed by atoms with Gasteiger partial charge < -0.3 is 10.2 Å². The van der Waals surface area contributed by atoms with Crippen LogP contribution in [0, 0.1) is 6.92 Å². The van der Waals surface area contributed by atoms with Crippen molar-refractivity contribution in [3.05, 3.63) is 125 Å². The van der Waals surface area contributed by atoms with Gasteiger partial charge in [0.05, 0.1) is 0 Å². The van der Waals surface area contributed by atoms with Gasteiger partial charge in [0.1, 0.15) is 0 Å². The average Bonchev–Trinajstić information content (AvgIpc) is 3.26. The van der Waals surface area contributed by atoms with Gasteiger partial charge in [-0.05, 0) is 70.6 Å². The summed E-state index contributed by atoms with van der Waals surface area (Å²) in [5.74, 6) is -0.0479. The van der Waals surface area contributed by atoms with Crippen molar-refractivity contribution >= 4 is 11.6 Å². The van der Waals surface area contributed by atoms with Crippen molar-refractivity contribution in [2.75, 3.05) is 4.90 Å². The molecule has 0 unspecified atom stereocenters. The fourth-order valence-corrected chi connectivity index (χ4v) is 4.39. The van der Waals surface area contributed by atoms with Gasteiger partial charge in [0.2, 0.25) is 0 Å². The summed E-state index contributed by atoms with van der Waals surface area (Å²) in [4.78, 5) is 14.9. The third kappa shape index (κ3) is 4.15. The molecule has 0 spiro atoms. The highest BCUT2D eigenvalue weighted by Gasteiger charge is 2.21. The molecule has 0 fully saturated rings. The molecule has 0 aromatic heterocycles. The van der Waals surface area contributed by atoms with Crippen molar-refractivity contribution in [3.63, 3.8) is 0 Å². The summed E-state index contributed by atoms with van der Waals surface area (Å²) in [6.45, 7) is 4.50. The van der Waals surface area contributed by atoms with Crippen molar-refractivity contribution in [1.82, 2.24) is 5.32 Å². The number of nitrogens with one attached hydrogen (secondary N) is 1. The highest BCUT2D eigenvalue weighted by molar-refractivity contribution is 5.94. The Morgan fingerprint density at radius 2 is 1.44 bits per heavy atom. The van der Waals surface area contributed by atoms with E-state index in [-0.39, 0.29) is 5.91 Å². The number of nitrogens with zero attached hydrogens (tertiary/aromatic N) is 1. The Hall–Kier alpha value is -3.85. The summed E-state index contributed by atoms with van der Waals surface area (Å²) in [6.07, 6.45) is 0. The van der Waals surface area contributed by atoms with Gasteiger partial charge in [-0.1, -0.05) is 66.7 Å². The minimum absolute atomic E-state index is 0.0479. The van der Waals surface area contributed by atoms with E-state index in [2.05, 4.69) is 59.6 Å². The van der Waals surface area contributed by atoms with E-state index in [9.17, 15) is 4.79 Å². The number of hydrogen-bond acceptors (Lipinski definition) is 2. The van der Waals surface area contributed by atoms with Crippen LogP contribution in [-0.2, 0) is 19.6 Å². The minimum Gasteiger partial charge on any atom is -0.363 e. The summed E-state index contributed by atoms with van der Waals surface area (Å²) < 4.78 is 0. The number of benzene rings is 4. The number of carbonyl (C=O) groups is 1. The van der Waals surface area contributed by atoms with Crippen molar-refractivity contribution in [1.29, 1.82) is 0 Å². The molecule has 32 heavy (non-hydrogen) atoms. The van der Waals surface area contributed by atoms with Crippen molar-refractivity contribution < 1.29 is 4.79 Å². The number of rotatable bonds is 5. The Kier molecular flexibility index (Phi) is 5.47. The van der Waals surface area contributed by atoms with Crippen molar-refractivity contribution in [2.24, 2.45) is 0 Å². The Morgan fingerprint density at radius 3 is 2.12 bits per heavy atom. The number of anilines is 1. The van der Waals surface area contributed by atoms with E-state index in [4.69, 9.17) is 0 Å². The van der Waals surface area contributed by atoms with Gasteiger partial charge in [0, 0.05) is 30.9 Å². The fraction of sp³-hybridized carbons (Fsp3) is 0.138. The van der Waals surface area contributed by atoms with Crippen LogP contribution < -0.4 is 10.2 Å². The molecule has 1 N–H and O–H groups in total. The van der Waals surface area contributed by atoms with Crippen LogP contribution in [0.15, 0.2) is 97.1 Å². The molecule has 5 rings (SSSR count). The number of hydrogen-bond donors (Lipinski definition) is 1. The van der Waals surface area contributed by atoms with E-state index in [1.807, 2.05) is 54.6 Å². The topological polar surface area (TPSA) is 32.3 Å². The lowest BCUT2D eigenvalue weighted by atomic mass is 9.96. The van der Waals surface area contributed by atoms with Crippen LogP contribution in [-0.4, -0.2) is 5.91 Å². The smallest absolute Gasteiger partial charge is 0.251 e. The molecule has 1 amide bonds. The second-order valence-corrected chi connectivity index (χ2v) is 8.37. The first-order valence-electron chi connectivity index (χ1n) is 11.0. The van der Waals surface area contributed by atoms with E-state index in [1.165, 1.54) is 27.8 Å². The van der Waals surface area contributed by atoms with Crippen molar-refractivity contribution in [2.45, 2.75) is 26.6 Å². The predicted octanol–water partition coefficient (Wildman–Crippen LogP) is 6.11. The molecule has 1 aliphatic heterocycles. The van der Waals surface area contributed by atoms with E-state index in [1.54, 1.807) is 0 Å². The van der Waals surface area contributed by atoms with Crippen molar-refractivity contribution in [3.8, 4) is 11.1 Å². The second kappa shape index (κ2) is 8.72. The highest BCUT2D eigenvalue weighted by Crippen LogP contribution is 2.33. The Balaban J connectivity index is 1.28. The quantitative estimate of drug-likeness (QED) is 0.424. The standard InChI is InChI=1S/C29H26N2O/c1-21-16-25-19-31(20-26(25)17-28(21)23-10-6-3-7-11-23)27-14-12-24(13-15-27)29(32)30-18-22-8-4-2-5-9-22/h2-17H,18-20H2,1H3,(H,30,32). The summed E-state index contributed by atoms with van der Waals surface area (Å²) >= 11 is 0. The maximum atomic E-state index is 12.5. The largest absolute Gasteiger partial charge is 0.363 e. The zero-order chi connectivity index (χ0) is 21.9. The lowest BCUT2D eigenvalue weighted by Gasteiger charge is -2.18. The molecule has 0 aliphatic carbocycles. The van der Waals surface area contributed by atoms with Crippen LogP contribution in [0.5, 0.6) is 0 Å². The monoisotopic (exact) mass is 418 g/mol. The minimum atomic E-state index is -0.0479. The molecule has 3 heteroatoms. The molecule has 0 saturated heterocycles. The Labute approximate surface area is 189 Å². The van der Waals surface area contributed by atoms with Gasteiger partial charge in [-0.2, -0.15) is 0 Å². The van der Waals surface area contributed by atoms with Crippen LogP contribution in [0.3, 0.4) is 0 Å². The predicted molar refractivity (Wildman–Crippen MR) is 131 cm³/mol. The van der Waals surface area contributed by atoms with Gasteiger partial charge in [-0.25, -0.2) is 0 Å². The SMILES string of the molecule is Cc1cc2c(cc1-c1ccccc1)CN(c1ccc(C(=O)NCc3ccccc3)cc1)C2. The number of aryl methyl sites for hydroxylation is 1. The van der Waals surface area contributed by atoms with E-state index in [0.29, 0.717) is 12.1 Å². The first-order valence-corrected chi connectivity index (χ1v) is 11.0. The fourth-order valence-electron chi connectivity index (χ4n) is 4.39. The maximum absolute atomic E-state index is 12.5. The third-order valence-corrected chi connectivity index (χ3v) is 6.14. The lowest BCUT2D eigenvalue weighted by molar-refractivity contribution is 0.0951. The van der Waals surface area contributed by atoms with Crippen LogP contribution >= 0.6 is 0 Å². The number of carbonyl (C=O) groups excluding carboxylic acids is 1. The summed E-state index contributed by atoms with van der Waals surface area (Å²) in [7, 11) is 0. The molecule has 0 saturated carbocycles. The van der Waals surface area contributed by atoms with Gasteiger partial charge in [0.25, 0.3) is 5.91 Å². The molecular weight excluding hydrogens is 392 g/mol. The normalized spacial score (nSPS) is 12.5. The molecular formula is C29H26N2O. The first-order chi connectivity index (χ1) is 15.7.